The molecule has 7 heteroatoms. The Morgan fingerprint density at radius 1 is 1.29 bits per heavy atom. The summed E-state index contributed by atoms with van der Waals surface area (Å²) in [6.45, 7) is 4.27. The van der Waals surface area contributed by atoms with Crippen LogP contribution in [0.1, 0.15) is 16.3 Å². The van der Waals surface area contributed by atoms with Crippen LogP contribution in [0.25, 0.3) is 0 Å². The molecule has 1 fully saturated rings. The van der Waals surface area contributed by atoms with E-state index in [0.29, 0.717) is 12.5 Å². The number of carbonyl (C=O) groups excluding carboxylic acids is 1. The molecule has 108 valence electrons. The normalized spacial score (nSPS) is 14.6. The lowest BCUT2D eigenvalue weighted by atomic mass is 10.0. The van der Waals surface area contributed by atoms with Crippen LogP contribution in [0.4, 0.5) is 5.82 Å². The lowest BCUT2D eigenvalue weighted by Crippen LogP contribution is -2.52. The molecule has 2 aromatic heterocycles. The second-order valence-corrected chi connectivity index (χ2v) is 5.09. The first-order chi connectivity index (χ1) is 10.2. The lowest BCUT2D eigenvalue weighted by Gasteiger charge is -2.39. The van der Waals surface area contributed by atoms with Crippen LogP contribution in [0.5, 0.6) is 0 Å². The maximum atomic E-state index is 11.8. The average Bonchev–Trinajstić information content (AvgIpc) is 2.48. The third kappa shape index (κ3) is 3.13. The molecule has 3 rings (SSSR count). The van der Waals surface area contributed by atoms with Gasteiger partial charge in [-0.15, -0.1) is 5.10 Å². The maximum absolute atomic E-state index is 11.8. The summed E-state index contributed by atoms with van der Waals surface area (Å²) in [6.07, 6.45) is 3.12. The van der Waals surface area contributed by atoms with Gasteiger partial charge in [-0.3, -0.25) is 4.79 Å². The van der Waals surface area contributed by atoms with Gasteiger partial charge < -0.3 is 10.2 Å². The summed E-state index contributed by atoms with van der Waals surface area (Å²) in [5.41, 5.74) is 0.908. The topological polar surface area (TPSA) is 83.9 Å². The van der Waals surface area contributed by atoms with Gasteiger partial charge in [0.05, 0.1) is 5.69 Å². The summed E-state index contributed by atoms with van der Waals surface area (Å²) in [6, 6.07) is 5.60. The van der Waals surface area contributed by atoms with Gasteiger partial charge in [-0.1, -0.05) is 0 Å². The number of hydrogen-bond acceptors (Lipinski definition) is 6. The Kier molecular flexibility index (Phi) is 3.72. The van der Waals surface area contributed by atoms with E-state index in [0.717, 1.165) is 24.6 Å². The number of aryl methyl sites for hydroxylation is 1. The molecule has 1 aliphatic rings. The van der Waals surface area contributed by atoms with Crippen LogP contribution in [-0.4, -0.2) is 45.7 Å². The quantitative estimate of drug-likeness (QED) is 0.877. The second kappa shape index (κ2) is 5.82. The molecule has 0 saturated carbocycles. The van der Waals surface area contributed by atoms with Crippen LogP contribution >= 0.6 is 0 Å². The highest BCUT2D eigenvalue weighted by Gasteiger charge is 2.28. The molecule has 0 bridgehead atoms. The molecule has 3 heterocycles. The number of aromatic nitrogens is 4. The highest BCUT2D eigenvalue weighted by atomic mass is 16.2. The number of amides is 1. The molecule has 1 amide bonds. The van der Waals surface area contributed by atoms with Crippen molar-refractivity contribution < 1.29 is 4.79 Å². The van der Waals surface area contributed by atoms with Crippen molar-refractivity contribution >= 4 is 11.7 Å². The standard InChI is InChI=1S/C14H16N6O/c1-10-3-4-12(19-18-10)20-8-11(9-20)7-17-14(21)13-15-5-2-6-16-13/h2-6,11H,7-9H2,1H3,(H,17,21). The van der Waals surface area contributed by atoms with E-state index in [-0.39, 0.29) is 11.7 Å². The van der Waals surface area contributed by atoms with Crippen molar-refractivity contribution in [3.8, 4) is 0 Å². The molecule has 1 aliphatic heterocycles. The predicted molar refractivity (Wildman–Crippen MR) is 76.8 cm³/mol. The summed E-state index contributed by atoms with van der Waals surface area (Å²) in [5.74, 6) is 1.28. The monoisotopic (exact) mass is 284 g/mol. The van der Waals surface area contributed by atoms with E-state index < -0.39 is 0 Å². The first kappa shape index (κ1) is 13.4. The Bertz CT molecular complexity index is 609. The molecule has 7 nitrogen and oxygen atoms in total. The average molecular weight is 284 g/mol. The fourth-order valence-electron chi connectivity index (χ4n) is 2.18. The summed E-state index contributed by atoms with van der Waals surface area (Å²) in [5, 5.41) is 11.0. The SMILES string of the molecule is Cc1ccc(N2CC(CNC(=O)c3ncccn3)C2)nn1. The van der Waals surface area contributed by atoms with Crippen LogP contribution in [0.15, 0.2) is 30.6 Å². The Hall–Kier alpha value is -2.57. The van der Waals surface area contributed by atoms with Gasteiger partial charge in [0.15, 0.2) is 5.82 Å². The molecule has 2 aromatic rings. The maximum Gasteiger partial charge on any atom is 0.289 e. The lowest BCUT2D eigenvalue weighted by molar-refractivity contribution is 0.0934. The number of anilines is 1. The van der Waals surface area contributed by atoms with E-state index >= 15 is 0 Å². The van der Waals surface area contributed by atoms with Gasteiger partial charge >= 0.3 is 0 Å². The summed E-state index contributed by atoms with van der Waals surface area (Å²) in [4.78, 5) is 21.8. The number of hydrogen-bond donors (Lipinski definition) is 1. The molecule has 0 aliphatic carbocycles. The van der Waals surface area contributed by atoms with Gasteiger partial charge in [-0.25, -0.2) is 9.97 Å². The zero-order valence-electron chi connectivity index (χ0n) is 11.7. The summed E-state index contributed by atoms with van der Waals surface area (Å²) < 4.78 is 0. The molecule has 0 spiro atoms. The van der Waals surface area contributed by atoms with E-state index in [2.05, 4.69) is 30.4 Å². The Morgan fingerprint density at radius 2 is 2.05 bits per heavy atom. The zero-order valence-corrected chi connectivity index (χ0v) is 11.7. The van der Waals surface area contributed by atoms with E-state index in [9.17, 15) is 4.79 Å². The Labute approximate surface area is 122 Å². The van der Waals surface area contributed by atoms with Crippen LogP contribution < -0.4 is 10.2 Å². The van der Waals surface area contributed by atoms with Crippen LogP contribution in [0.3, 0.4) is 0 Å². The van der Waals surface area contributed by atoms with Crippen molar-refractivity contribution in [2.45, 2.75) is 6.92 Å². The smallest absolute Gasteiger partial charge is 0.289 e. The van der Waals surface area contributed by atoms with Crippen molar-refractivity contribution in [1.29, 1.82) is 0 Å². The summed E-state index contributed by atoms with van der Waals surface area (Å²) >= 11 is 0. The minimum Gasteiger partial charge on any atom is -0.354 e. The number of nitrogens with one attached hydrogen (secondary N) is 1. The van der Waals surface area contributed by atoms with Crippen molar-refractivity contribution in [3.63, 3.8) is 0 Å². The van der Waals surface area contributed by atoms with Gasteiger partial charge in [0, 0.05) is 37.9 Å². The van der Waals surface area contributed by atoms with Crippen molar-refractivity contribution in [2.75, 3.05) is 24.5 Å². The zero-order chi connectivity index (χ0) is 14.7. The predicted octanol–water partition coefficient (Wildman–Crippen LogP) is 0.441. The van der Waals surface area contributed by atoms with Crippen LogP contribution in [-0.2, 0) is 0 Å². The van der Waals surface area contributed by atoms with E-state index in [1.807, 2.05) is 19.1 Å². The third-order valence-electron chi connectivity index (χ3n) is 3.39. The minimum atomic E-state index is -0.232. The largest absolute Gasteiger partial charge is 0.354 e. The van der Waals surface area contributed by atoms with E-state index in [1.54, 1.807) is 18.5 Å². The minimum absolute atomic E-state index is 0.207. The first-order valence-electron chi connectivity index (χ1n) is 6.83. The number of nitrogens with zero attached hydrogens (tertiary/aromatic N) is 5. The Balaban J connectivity index is 1.45. The molecule has 0 radical (unpaired) electrons. The van der Waals surface area contributed by atoms with Crippen molar-refractivity contribution in [3.05, 3.63) is 42.1 Å². The molecule has 0 unspecified atom stereocenters. The molecule has 1 N–H and O–H groups in total. The molecule has 0 aromatic carbocycles. The van der Waals surface area contributed by atoms with Crippen LogP contribution in [0, 0.1) is 12.8 Å². The van der Waals surface area contributed by atoms with Gasteiger partial charge in [-0.2, -0.15) is 5.10 Å². The van der Waals surface area contributed by atoms with Gasteiger partial charge in [0.2, 0.25) is 5.82 Å². The number of carbonyl (C=O) groups is 1. The van der Waals surface area contributed by atoms with Gasteiger partial charge in [0.25, 0.3) is 5.91 Å². The van der Waals surface area contributed by atoms with Crippen LogP contribution in [0.2, 0.25) is 0 Å². The molecule has 0 atom stereocenters. The number of rotatable bonds is 4. The summed E-state index contributed by atoms with van der Waals surface area (Å²) in [7, 11) is 0. The molecule has 21 heavy (non-hydrogen) atoms. The molecule has 1 saturated heterocycles. The van der Waals surface area contributed by atoms with E-state index in [1.165, 1.54) is 0 Å². The fourth-order valence-corrected chi connectivity index (χ4v) is 2.18. The van der Waals surface area contributed by atoms with Gasteiger partial charge in [0.1, 0.15) is 0 Å². The van der Waals surface area contributed by atoms with Crippen molar-refractivity contribution in [2.24, 2.45) is 5.92 Å². The highest BCUT2D eigenvalue weighted by Crippen LogP contribution is 2.21. The van der Waals surface area contributed by atoms with Gasteiger partial charge in [-0.05, 0) is 25.1 Å². The molecular formula is C14H16N6O. The Morgan fingerprint density at radius 3 is 2.71 bits per heavy atom. The fraction of sp³-hybridized carbons (Fsp3) is 0.357. The van der Waals surface area contributed by atoms with Crippen molar-refractivity contribution in [1.82, 2.24) is 25.5 Å². The molecular weight excluding hydrogens is 268 g/mol. The third-order valence-corrected chi connectivity index (χ3v) is 3.39. The highest BCUT2D eigenvalue weighted by molar-refractivity contribution is 5.90. The second-order valence-electron chi connectivity index (χ2n) is 5.09. The first-order valence-corrected chi connectivity index (χ1v) is 6.83. The van der Waals surface area contributed by atoms with E-state index in [4.69, 9.17) is 0 Å².